The van der Waals surface area contributed by atoms with E-state index in [0.717, 1.165) is 11.8 Å². The third-order valence-electron chi connectivity index (χ3n) is 4.40. The van der Waals surface area contributed by atoms with Crippen molar-refractivity contribution < 1.29 is 22.4 Å². The fraction of sp³-hybridized carbons (Fsp3) is 0.263. The van der Waals surface area contributed by atoms with Gasteiger partial charge in [-0.3, -0.25) is 4.79 Å². The number of oxazole rings is 1. The van der Waals surface area contributed by atoms with Crippen LogP contribution in [0.1, 0.15) is 0 Å². The molecule has 1 aromatic heterocycles. The van der Waals surface area contributed by atoms with Crippen LogP contribution in [0.4, 0.5) is 5.69 Å². The molecule has 2 heterocycles. The number of benzene rings is 2. The lowest BCUT2D eigenvalue weighted by Crippen LogP contribution is -2.40. The van der Waals surface area contributed by atoms with Crippen molar-refractivity contribution in [1.29, 1.82) is 0 Å². The summed E-state index contributed by atoms with van der Waals surface area (Å²) >= 11 is 7.09. The number of anilines is 1. The summed E-state index contributed by atoms with van der Waals surface area (Å²) in [5, 5.41) is 3.66. The van der Waals surface area contributed by atoms with Crippen molar-refractivity contribution in [2.45, 2.75) is 10.1 Å². The van der Waals surface area contributed by atoms with Gasteiger partial charge in [0.1, 0.15) is 5.52 Å². The smallest absolute Gasteiger partial charge is 0.257 e. The molecule has 0 unspecified atom stereocenters. The van der Waals surface area contributed by atoms with Crippen LogP contribution in [-0.2, 0) is 19.6 Å². The molecule has 0 saturated carbocycles. The van der Waals surface area contributed by atoms with Gasteiger partial charge in [0.25, 0.3) is 5.22 Å². The Morgan fingerprint density at radius 2 is 1.90 bits per heavy atom. The summed E-state index contributed by atoms with van der Waals surface area (Å²) < 4.78 is 37.4. The van der Waals surface area contributed by atoms with Crippen molar-refractivity contribution in [3.05, 3.63) is 47.5 Å². The molecule has 30 heavy (non-hydrogen) atoms. The van der Waals surface area contributed by atoms with Crippen LogP contribution < -0.4 is 5.32 Å². The third-order valence-corrected chi connectivity index (χ3v) is 7.38. The molecule has 8 nitrogen and oxygen atoms in total. The summed E-state index contributed by atoms with van der Waals surface area (Å²) in [5.41, 5.74) is 1.73. The van der Waals surface area contributed by atoms with E-state index in [-0.39, 0.29) is 16.6 Å². The monoisotopic (exact) mass is 467 g/mol. The number of ether oxygens (including phenoxy) is 1. The van der Waals surface area contributed by atoms with E-state index in [2.05, 4.69) is 10.3 Å². The Balaban J connectivity index is 1.35. The van der Waals surface area contributed by atoms with Crippen LogP contribution in [0.5, 0.6) is 0 Å². The second-order valence-corrected chi connectivity index (χ2v) is 9.77. The van der Waals surface area contributed by atoms with Gasteiger partial charge in [-0.2, -0.15) is 4.31 Å². The Morgan fingerprint density at radius 3 is 2.63 bits per heavy atom. The van der Waals surface area contributed by atoms with Crippen LogP contribution in [-0.4, -0.2) is 55.7 Å². The van der Waals surface area contributed by atoms with Gasteiger partial charge in [0.2, 0.25) is 15.9 Å². The zero-order valence-electron chi connectivity index (χ0n) is 15.7. The lowest BCUT2D eigenvalue weighted by Gasteiger charge is -2.26. The number of fused-ring (bicyclic) bond motifs is 1. The van der Waals surface area contributed by atoms with Crippen molar-refractivity contribution in [2.24, 2.45) is 0 Å². The Bertz CT molecular complexity index is 1160. The number of thioether (sulfide) groups is 1. The lowest BCUT2D eigenvalue weighted by atomic mass is 10.3. The first-order valence-corrected chi connectivity index (χ1v) is 11.9. The van der Waals surface area contributed by atoms with Gasteiger partial charge in [-0.15, -0.1) is 0 Å². The Morgan fingerprint density at radius 1 is 1.17 bits per heavy atom. The normalized spacial score (nSPS) is 15.4. The molecule has 1 fully saturated rings. The van der Waals surface area contributed by atoms with Crippen LogP contribution in [0.15, 0.2) is 57.0 Å². The maximum atomic E-state index is 12.6. The number of sulfonamides is 1. The fourth-order valence-corrected chi connectivity index (χ4v) is 5.12. The van der Waals surface area contributed by atoms with Crippen molar-refractivity contribution >= 4 is 56.1 Å². The number of hydrogen-bond donors (Lipinski definition) is 1. The largest absolute Gasteiger partial charge is 0.431 e. The molecule has 0 spiro atoms. The molecule has 1 amide bonds. The van der Waals surface area contributed by atoms with Gasteiger partial charge >= 0.3 is 0 Å². The average molecular weight is 468 g/mol. The number of amides is 1. The SMILES string of the molecule is O=C(CSc1nc2cc(Cl)ccc2o1)Nc1ccc(S(=O)(=O)N2CCOCC2)cc1. The topological polar surface area (TPSA) is 102 Å². The molecule has 1 saturated heterocycles. The number of rotatable bonds is 6. The van der Waals surface area contributed by atoms with E-state index in [9.17, 15) is 13.2 Å². The minimum atomic E-state index is -3.56. The van der Waals surface area contributed by atoms with Gasteiger partial charge < -0.3 is 14.5 Å². The lowest BCUT2D eigenvalue weighted by molar-refractivity contribution is -0.113. The fourth-order valence-electron chi connectivity index (χ4n) is 2.91. The highest BCUT2D eigenvalue weighted by atomic mass is 35.5. The number of aromatic nitrogens is 1. The Hall–Kier alpha value is -2.11. The Kier molecular flexibility index (Phi) is 6.30. The standard InChI is InChI=1S/C19H18ClN3O5S2/c20-13-1-6-17-16(11-13)22-19(28-17)29-12-18(24)21-14-2-4-15(5-3-14)30(25,26)23-7-9-27-10-8-23/h1-6,11H,7-10,12H2,(H,21,24). The number of hydrogen-bond acceptors (Lipinski definition) is 7. The van der Waals surface area contributed by atoms with E-state index in [0.29, 0.717) is 53.3 Å². The van der Waals surface area contributed by atoms with Crippen molar-refractivity contribution in [1.82, 2.24) is 9.29 Å². The van der Waals surface area contributed by atoms with E-state index in [1.165, 1.54) is 16.4 Å². The second kappa shape index (κ2) is 8.94. The number of nitrogens with one attached hydrogen (secondary N) is 1. The molecule has 158 valence electrons. The molecular weight excluding hydrogens is 450 g/mol. The zero-order valence-corrected chi connectivity index (χ0v) is 18.1. The summed E-state index contributed by atoms with van der Waals surface area (Å²) in [4.78, 5) is 16.7. The summed E-state index contributed by atoms with van der Waals surface area (Å²) in [6.07, 6.45) is 0. The van der Waals surface area contributed by atoms with E-state index in [1.807, 2.05) is 0 Å². The highest BCUT2D eigenvalue weighted by Gasteiger charge is 2.26. The maximum absolute atomic E-state index is 12.6. The van der Waals surface area contributed by atoms with Gasteiger partial charge in [0.15, 0.2) is 5.58 Å². The first kappa shape index (κ1) is 21.1. The van der Waals surface area contributed by atoms with Gasteiger partial charge in [-0.05, 0) is 42.5 Å². The van der Waals surface area contributed by atoms with E-state index in [4.69, 9.17) is 20.8 Å². The number of carbonyl (C=O) groups is 1. The summed E-state index contributed by atoms with van der Waals surface area (Å²) in [7, 11) is -3.56. The second-order valence-electron chi connectivity index (χ2n) is 6.47. The van der Waals surface area contributed by atoms with Crippen LogP contribution in [0.2, 0.25) is 5.02 Å². The molecule has 1 aliphatic heterocycles. The van der Waals surface area contributed by atoms with Crippen molar-refractivity contribution in [2.75, 3.05) is 37.4 Å². The molecule has 2 aromatic carbocycles. The first-order chi connectivity index (χ1) is 14.4. The number of nitrogens with zero attached hydrogens (tertiary/aromatic N) is 2. The summed E-state index contributed by atoms with van der Waals surface area (Å²) in [6, 6.07) is 11.2. The van der Waals surface area contributed by atoms with Crippen molar-refractivity contribution in [3.8, 4) is 0 Å². The first-order valence-electron chi connectivity index (χ1n) is 9.08. The minimum absolute atomic E-state index is 0.0916. The average Bonchev–Trinajstić information content (AvgIpc) is 3.15. The van der Waals surface area contributed by atoms with E-state index in [1.54, 1.807) is 30.3 Å². The van der Waals surface area contributed by atoms with Gasteiger partial charge in [0.05, 0.1) is 23.9 Å². The highest BCUT2D eigenvalue weighted by Crippen LogP contribution is 2.26. The molecular formula is C19H18ClN3O5S2. The number of carbonyl (C=O) groups excluding carboxylic acids is 1. The Labute approximate surface area is 182 Å². The minimum Gasteiger partial charge on any atom is -0.431 e. The number of halogens is 1. The molecule has 0 radical (unpaired) electrons. The predicted octanol–water partition coefficient (Wildman–Crippen LogP) is 3.23. The van der Waals surface area contributed by atoms with Crippen LogP contribution in [0, 0.1) is 0 Å². The molecule has 0 atom stereocenters. The quantitative estimate of drug-likeness (QED) is 0.555. The number of morpholine rings is 1. The summed E-state index contributed by atoms with van der Waals surface area (Å²) in [5.74, 6) is -0.168. The molecule has 0 bridgehead atoms. The predicted molar refractivity (Wildman–Crippen MR) is 114 cm³/mol. The van der Waals surface area contributed by atoms with Crippen molar-refractivity contribution in [3.63, 3.8) is 0 Å². The zero-order chi connectivity index (χ0) is 21.1. The third kappa shape index (κ3) is 4.79. The van der Waals surface area contributed by atoms with Gasteiger partial charge in [0, 0.05) is 23.8 Å². The molecule has 0 aliphatic carbocycles. The highest BCUT2D eigenvalue weighted by molar-refractivity contribution is 7.99. The van der Waals surface area contributed by atoms with E-state index < -0.39 is 10.0 Å². The molecule has 1 N–H and O–H groups in total. The molecule has 3 aromatic rings. The van der Waals surface area contributed by atoms with Crippen LogP contribution >= 0.6 is 23.4 Å². The summed E-state index contributed by atoms with van der Waals surface area (Å²) in [6.45, 7) is 1.44. The molecule has 11 heteroatoms. The van der Waals surface area contributed by atoms with Crippen LogP contribution in [0.3, 0.4) is 0 Å². The maximum Gasteiger partial charge on any atom is 0.257 e. The van der Waals surface area contributed by atoms with E-state index >= 15 is 0 Å². The molecule has 1 aliphatic rings. The molecule has 4 rings (SSSR count). The van der Waals surface area contributed by atoms with Crippen LogP contribution in [0.25, 0.3) is 11.1 Å². The van der Waals surface area contributed by atoms with Gasteiger partial charge in [-0.25, -0.2) is 13.4 Å². The van der Waals surface area contributed by atoms with Gasteiger partial charge in [-0.1, -0.05) is 23.4 Å².